The van der Waals surface area contributed by atoms with Crippen LogP contribution in [0.2, 0.25) is 0 Å². The number of hydrogen-bond acceptors (Lipinski definition) is 5. The second-order valence-electron chi connectivity index (χ2n) is 11.7. The third kappa shape index (κ3) is 18.8. The standard InChI is InChI=1S/C37H54INO5/c1-27(2)13-10-16-30(5)19-11-17-28(3)14-8-9-15-29(4)18-12-20-31(6)21-22-37(42)44-26-36(41)39-25-32-23-35(43-7)34(40)24-33(32)38/h13-15,19-20,23-24,40H,8-12,16-18,21-22,25-26H2,1-7H3,(H,39,41)/b28-14+,29-15+,30-19+,31-20+. The van der Waals surface area contributed by atoms with E-state index < -0.39 is 0 Å². The summed E-state index contributed by atoms with van der Waals surface area (Å²) in [6, 6.07) is 3.25. The van der Waals surface area contributed by atoms with E-state index in [1.54, 1.807) is 12.1 Å². The summed E-state index contributed by atoms with van der Waals surface area (Å²) in [7, 11) is 1.47. The van der Waals surface area contributed by atoms with Crippen LogP contribution in [0.25, 0.3) is 0 Å². The molecule has 1 amide bonds. The molecule has 1 rings (SSSR count). The number of esters is 1. The number of hydrogen-bond donors (Lipinski definition) is 2. The number of unbranched alkanes of at least 4 members (excludes halogenated alkanes) is 1. The second kappa shape index (κ2) is 22.7. The molecule has 0 bridgehead atoms. The normalized spacial score (nSPS) is 12.6. The summed E-state index contributed by atoms with van der Waals surface area (Å²) in [5.74, 6) is -0.389. The van der Waals surface area contributed by atoms with Gasteiger partial charge in [0.25, 0.3) is 5.91 Å². The monoisotopic (exact) mass is 719 g/mol. The molecule has 0 spiro atoms. The van der Waals surface area contributed by atoms with Crippen molar-refractivity contribution in [3.63, 3.8) is 0 Å². The smallest absolute Gasteiger partial charge is 0.306 e. The molecule has 0 radical (unpaired) electrons. The van der Waals surface area contributed by atoms with Crippen LogP contribution >= 0.6 is 22.6 Å². The van der Waals surface area contributed by atoms with Crippen LogP contribution in [0.1, 0.15) is 111 Å². The van der Waals surface area contributed by atoms with Crippen LogP contribution < -0.4 is 10.1 Å². The highest BCUT2D eigenvalue weighted by atomic mass is 127. The van der Waals surface area contributed by atoms with E-state index >= 15 is 0 Å². The number of phenolic OH excluding ortho intramolecular Hbond substituents is 1. The van der Waals surface area contributed by atoms with Gasteiger partial charge >= 0.3 is 5.97 Å². The number of halogens is 1. The maximum Gasteiger partial charge on any atom is 0.306 e. The van der Waals surface area contributed by atoms with E-state index in [-0.39, 0.29) is 37.2 Å². The molecule has 44 heavy (non-hydrogen) atoms. The number of nitrogens with one attached hydrogen (secondary N) is 1. The molecule has 244 valence electrons. The van der Waals surface area contributed by atoms with E-state index in [2.05, 4.69) is 92.9 Å². The SMILES string of the molecule is COc1cc(CNC(=O)COC(=O)CC/C(C)=C/CC/C(C)=C/CC/C=C(\C)CC/C=C(\C)CCC=C(C)C)c(I)cc1O. The van der Waals surface area contributed by atoms with Gasteiger partial charge in [0.05, 0.1) is 7.11 Å². The van der Waals surface area contributed by atoms with Crippen molar-refractivity contribution < 1.29 is 24.2 Å². The van der Waals surface area contributed by atoms with Gasteiger partial charge in [-0.1, -0.05) is 58.2 Å². The summed E-state index contributed by atoms with van der Waals surface area (Å²) in [5, 5.41) is 12.6. The van der Waals surface area contributed by atoms with Crippen LogP contribution in [0.4, 0.5) is 0 Å². The van der Waals surface area contributed by atoms with Crippen LogP contribution in [-0.4, -0.2) is 30.7 Å². The van der Waals surface area contributed by atoms with Gasteiger partial charge in [0.15, 0.2) is 18.1 Å². The zero-order chi connectivity index (χ0) is 32.9. The number of benzene rings is 1. The zero-order valence-corrected chi connectivity index (χ0v) is 30.1. The molecule has 0 fully saturated rings. The van der Waals surface area contributed by atoms with Gasteiger partial charge in [0.2, 0.25) is 0 Å². The van der Waals surface area contributed by atoms with E-state index in [1.165, 1.54) is 29.4 Å². The predicted molar refractivity (Wildman–Crippen MR) is 191 cm³/mol. The predicted octanol–water partition coefficient (Wildman–Crippen LogP) is 9.82. The molecular weight excluding hydrogens is 665 g/mol. The average molecular weight is 720 g/mol. The van der Waals surface area contributed by atoms with Crippen molar-refractivity contribution in [1.29, 1.82) is 0 Å². The minimum atomic E-state index is -0.390. The highest BCUT2D eigenvalue weighted by molar-refractivity contribution is 14.1. The van der Waals surface area contributed by atoms with Gasteiger partial charge in [-0.3, -0.25) is 9.59 Å². The Labute approximate surface area is 279 Å². The number of aromatic hydroxyl groups is 1. The average Bonchev–Trinajstić information content (AvgIpc) is 2.96. The number of rotatable bonds is 20. The van der Waals surface area contributed by atoms with Crippen molar-refractivity contribution in [1.82, 2.24) is 5.32 Å². The lowest BCUT2D eigenvalue weighted by atomic mass is 10.0. The Kier molecular flexibility index (Phi) is 20.2. The number of amides is 1. The Hall–Kier alpha value is -2.81. The van der Waals surface area contributed by atoms with Crippen molar-refractivity contribution >= 4 is 34.5 Å². The first-order valence-corrected chi connectivity index (χ1v) is 16.7. The lowest BCUT2D eigenvalue weighted by Crippen LogP contribution is -2.28. The summed E-state index contributed by atoms with van der Waals surface area (Å²) >= 11 is 2.08. The zero-order valence-electron chi connectivity index (χ0n) is 28.0. The molecule has 0 saturated carbocycles. The van der Waals surface area contributed by atoms with Crippen LogP contribution in [0.5, 0.6) is 11.5 Å². The number of allylic oxidation sites excluding steroid dienone is 10. The summed E-state index contributed by atoms with van der Waals surface area (Å²) in [5.41, 5.74) is 7.68. The fourth-order valence-electron chi connectivity index (χ4n) is 4.39. The largest absolute Gasteiger partial charge is 0.504 e. The van der Waals surface area contributed by atoms with Gasteiger partial charge in [0, 0.05) is 16.5 Å². The van der Waals surface area contributed by atoms with Gasteiger partial charge in [0.1, 0.15) is 0 Å². The summed E-state index contributed by atoms with van der Waals surface area (Å²) in [4.78, 5) is 24.3. The van der Waals surface area contributed by atoms with Crippen LogP contribution in [0.3, 0.4) is 0 Å². The molecule has 6 nitrogen and oxygen atoms in total. The molecule has 7 heteroatoms. The van der Waals surface area contributed by atoms with E-state index in [9.17, 15) is 14.7 Å². The lowest BCUT2D eigenvalue weighted by molar-refractivity contribution is -0.148. The molecule has 2 N–H and O–H groups in total. The molecular formula is C37H54INO5. The van der Waals surface area contributed by atoms with Crippen LogP contribution in [-0.2, 0) is 20.9 Å². The topological polar surface area (TPSA) is 84.9 Å². The van der Waals surface area contributed by atoms with E-state index in [0.29, 0.717) is 12.2 Å². The highest BCUT2D eigenvalue weighted by Crippen LogP contribution is 2.30. The second-order valence-corrected chi connectivity index (χ2v) is 12.9. The number of phenols is 1. The molecule has 0 aliphatic carbocycles. The number of carbonyl (C=O) groups excluding carboxylic acids is 2. The Morgan fingerprint density at radius 3 is 1.77 bits per heavy atom. The Balaban J connectivity index is 2.25. The molecule has 1 aromatic rings. The molecule has 0 aliphatic rings. The Bertz CT molecular complexity index is 1220. The summed E-state index contributed by atoms with van der Waals surface area (Å²) < 4.78 is 11.1. The van der Waals surface area contributed by atoms with E-state index in [4.69, 9.17) is 9.47 Å². The third-order valence-corrected chi connectivity index (χ3v) is 8.22. The first-order valence-electron chi connectivity index (χ1n) is 15.6. The summed E-state index contributed by atoms with van der Waals surface area (Å²) in [6.45, 7) is 12.9. The minimum absolute atomic E-state index is 0.0431. The van der Waals surface area contributed by atoms with E-state index in [1.807, 2.05) is 6.92 Å². The molecule has 1 aromatic carbocycles. The number of ether oxygens (including phenoxy) is 2. The number of methoxy groups -OCH3 is 1. The molecule has 0 aromatic heterocycles. The van der Waals surface area contributed by atoms with Gasteiger partial charge in [-0.2, -0.15) is 0 Å². The van der Waals surface area contributed by atoms with Crippen molar-refractivity contribution in [2.45, 2.75) is 112 Å². The molecule has 0 atom stereocenters. The Morgan fingerprint density at radius 2 is 1.25 bits per heavy atom. The molecule has 0 heterocycles. The molecule has 0 saturated heterocycles. The van der Waals surface area contributed by atoms with Crippen molar-refractivity contribution in [2.75, 3.05) is 13.7 Å². The quantitative estimate of drug-likeness (QED) is 0.0607. The van der Waals surface area contributed by atoms with Gasteiger partial charge in [-0.15, -0.1) is 0 Å². The van der Waals surface area contributed by atoms with Crippen molar-refractivity contribution in [2.24, 2.45) is 0 Å². The van der Waals surface area contributed by atoms with Gasteiger partial charge < -0.3 is 19.9 Å². The number of carbonyl (C=O) groups is 2. The van der Waals surface area contributed by atoms with Crippen molar-refractivity contribution in [3.05, 3.63) is 79.5 Å². The lowest BCUT2D eigenvalue weighted by Gasteiger charge is -2.11. The Morgan fingerprint density at radius 1 is 0.750 bits per heavy atom. The van der Waals surface area contributed by atoms with Gasteiger partial charge in [-0.25, -0.2) is 0 Å². The molecule has 0 unspecified atom stereocenters. The van der Waals surface area contributed by atoms with E-state index in [0.717, 1.165) is 66.1 Å². The van der Waals surface area contributed by atoms with Crippen LogP contribution in [0.15, 0.2) is 70.4 Å². The maximum atomic E-state index is 12.1. The third-order valence-electron chi connectivity index (χ3n) is 7.22. The highest BCUT2D eigenvalue weighted by Gasteiger charge is 2.11. The van der Waals surface area contributed by atoms with Gasteiger partial charge in [-0.05, 0) is 140 Å². The minimum Gasteiger partial charge on any atom is -0.504 e. The fraction of sp³-hybridized carbons (Fsp3) is 0.514. The summed E-state index contributed by atoms with van der Waals surface area (Å²) in [6.07, 6.45) is 21.1. The maximum absolute atomic E-state index is 12.1. The molecule has 0 aliphatic heterocycles. The first kappa shape index (κ1) is 39.2. The van der Waals surface area contributed by atoms with Crippen LogP contribution in [0, 0.1) is 3.57 Å². The van der Waals surface area contributed by atoms with Crippen molar-refractivity contribution in [3.8, 4) is 11.5 Å². The first-order chi connectivity index (χ1) is 20.9. The fourth-order valence-corrected chi connectivity index (χ4v) is 5.04.